The molecular formula is C21H23N3O2S. The van der Waals surface area contributed by atoms with Crippen molar-refractivity contribution in [1.82, 2.24) is 15.1 Å². The molecule has 1 N–H and O–H groups in total. The van der Waals surface area contributed by atoms with Crippen molar-refractivity contribution < 1.29 is 9.59 Å². The van der Waals surface area contributed by atoms with Gasteiger partial charge in [0.25, 0.3) is 5.91 Å². The molecule has 27 heavy (non-hydrogen) atoms. The van der Waals surface area contributed by atoms with Crippen molar-refractivity contribution in [1.29, 1.82) is 0 Å². The number of thiophene rings is 1. The molecular weight excluding hydrogens is 358 g/mol. The summed E-state index contributed by atoms with van der Waals surface area (Å²) in [6.45, 7) is 3.05. The molecule has 0 bridgehead atoms. The Labute approximate surface area is 163 Å². The molecule has 2 fully saturated rings. The SMILES string of the molecule is C[C@@]1(C2CC2)NC(=O)N(CN2CCc3sccc3[C@@H]2c2ccccc2)C1=O. The number of fused-ring (bicyclic) bond motifs is 1. The fourth-order valence-electron chi connectivity index (χ4n) is 4.51. The summed E-state index contributed by atoms with van der Waals surface area (Å²) >= 11 is 1.80. The van der Waals surface area contributed by atoms with E-state index in [4.69, 9.17) is 0 Å². The van der Waals surface area contributed by atoms with Gasteiger partial charge in [0.2, 0.25) is 0 Å². The van der Waals surface area contributed by atoms with Gasteiger partial charge in [-0.15, -0.1) is 11.3 Å². The third kappa shape index (κ3) is 2.70. The Morgan fingerprint density at radius 3 is 2.70 bits per heavy atom. The molecule has 1 saturated carbocycles. The van der Waals surface area contributed by atoms with Crippen LogP contribution in [0.4, 0.5) is 4.79 Å². The van der Waals surface area contributed by atoms with Crippen molar-refractivity contribution in [3.8, 4) is 0 Å². The van der Waals surface area contributed by atoms with E-state index in [-0.39, 0.29) is 23.9 Å². The van der Waals surface area contributed by atoms with Crippen LogP contribution < -0.4 is 5.32 Å². The van der Waals surface area contributed by atoms with Crippen LogP contribution in [-0.2, 0) is 11.2 Å². The van der Waals surface area contributed by atoms with Crippen LogP contribution in [-0.4, -0.2) is 40.5 Å². The van der Waals surface area contributed by atoms with Gasteiger partial charge in [-0.2, -0.15) is 0 Å². The van der Waals surface area contributed by atoms with Gasteiger partial charge in [-0.1, -0.05) is 30.3 Å². The third-order valence-corrected chi connectivity index (χ3v) is 7.20. The molecule has 0 radical (unpaired) electrons. The van der Waals surface area contributed by atoms with Gasteiger partial charge in [0, 0.05) is 11.4 Å². The highest BCUT2D eigenvalue weighted by Crippen LogP contribution is 2.43. The smallest absolute Gasteiger partial charge is 0.323 e. The van der Waals surface area contributed by atoms with E-state index in [1.807, 2.05) is 25.1 Å². The molecule has 3 amide bonds. The molecule has 1 saturated heterocycles. The first kappa shape index (κ1) is 17.0. The van der Waals surface area contributed by atoms with Crippen LogP contribution in [0.25, 0.3) is 0 Å². The van der Waals surface area contributed by atoms with Gasteiger partial charge in [-0.25, -0.2) is 9.69 Å². The maximum Gasteiger partial charge on any atom is 0.326 e. The molecule has 3 aliphatic rings. The van der Waals surface area contributed by atoms with Gasteiger partial charge in [0.05, 0.1) is 12.7 Å². The fraction of sp³-hybridized carbons (Fsp3) is 0.429. The van der Waals surface area contributed by atoms with E-state index in [1.165, 1.54) is 20.9 Å². The Morgan fingerprint density at radius 2 is 1.96 bits per heavy atom. The van der Waals surface area contributed by atoms with Gasteiger partial charge >= 0.3 is 6.03 Å². The van der Waals surface area contributed by atoms with Crippen LogP contribution in [0.2, 0.25) is 0 Å². The lowest BCUT2D eigenvalue weighted by Gasteiger charge is -2.37. The molecule has 1 aliphatic carbocycles. The normalized spacial score (nSPS) is 28.3. The minimum atomic E-state index is -0.720. The van der Waals surface area contributed by atoms with Gasteiger partial charge in [-0.05, 0) is 54.7 Å². The van der Waals surface area contributed by atoms with Gasteiger partial charge < -0.3 is 5.32 Å². The Morgan fingerprint density at radius 1 is 1.19 bits per heavy atom. The highest BCUT2D eigenvalue weighted by molar-refractivity contribution is 7.10. The topological polar surface area (TPSA) is 52.7 Å². The lowest BCUT2D eigenvalue weighted by molar-refractivity contribution is -0.133. The van der Waals surface area contributed by atoms with E-state index in [9.17, 15) is 9.59 Å². The molecule has 0 spiro atoms. The molecule has 2 atom stereocenters. The first-order chi connectivity index (χ1) is 13.1. The zero-order chi connectivity index (χ0) is 18.6. The van der Waals surface area contributed by atoms with Gasteiger partial charge in [0.1, 0.15) is 5.54 Å². The lowest BCUT2D eigenvalue weighted by atomic mass is 9.93. The van der Waals surface area contributed by atoms with Crippen LogP contribution >= 0.6 is 11.3 Å². The summed E-state index contributed by atoms with van der Waals surface area (Å²) in [5.74, 6) is 0.214. The molecule has 2 aromatic rings. The number of carbonyl (C=O) groups excluding carboxylic acids is 2. The van der Waals surface area contributed by atoms with Crippen molar-refractivity contribution in [3.05, 3.63) is 57.8 Å². The minimum absolute atomic E-state index is 0.0714. The number of nitrogens with zero attached hydrogens (tertiary/aromatic N) is 2. The quantitative estimate of drug-likeness (QED) is 0.826. The highest BCUT2D eigenvalue weighted by atomic mass is 32.1. The average Bonchev–Trinajstić information content (AvgIpc) is 3.39. The van der Waals surface area contributed by atoms with E-state index in [0.717, 1.165) is 25.8 Å². The highest BCUT2D eigenvalue weighted by Gasteiger charge is 2.56. The molecule has 2 aliphatic heterocycles. The number of hydrogen-bond donors (Lipinski definition) is 1. The number of rotatable bonds is 4. The van der Waals surface area contributed by atoms with Crippen molar-refractivity contribution in [2.45, 2.75) is 37.8 Å². The summed E-state index contributed by atoms with van der Waals surface area (Å²) < 4.78 is 0. The molecule has 0 unspecified atom stereocenters. The average molecular weight is 382 g/mol. The third-order valence-electron chi connectivity index (χ3n) is 6.20. The summed E-state index contributed by atoms with van der Waals surface area (Å²) in [7, 11) is 0. The number of carbonyl (C=O) groups is 2. The second kappa shape index (κ2) is 6.17. The van der Waals surface area contributed by atoms with Crippen molar-refractivity contribution in [3.63, 3.8) is 0 Å². The standard InChI is InChI=1S/C21H23N3O2S/c1-21(15-7-8-15)19(25)24(20(26)22-21)13-23-11-9-17-16(10-12-27-17)18(23)14-5-3-2-4-6-14/h2-6,10,12,15,18H,7-9,11,13H2,1H3,(H,22,26)/t18-,21-/m0/s1. The minimum Gasteiger partial charge on any atom is -0.323 e. The molecule has 140 valence electrons. The van der Waals surface area contributed by atoms with Crippen LogP contribution in [0.1, 0.15) is 41.8 Å². The second-order valence-corrected chi connectivity index (χ2v) is 8.96. The zero-order valence-electron chi connectivity index (χ0n) is 15.4. The number of benzene rings is 1. The van der Waals surface area contributed by atoms with Gasteiger partial charge in [-0.3, -0.25) is 9.69 Å². The monoisotopic (exact) mass is 381 g/mol. The predicted octanol–water partition coefficient (Wildman–Crippen LogP) is 3.37. The Balaban J connectivity index is 1.46. The van der Waals surface area contributed by atoms with Crippen LogP contribution in [0.5, 0.6) is 0 Å². The van der Waals surface area contributed by atoms with Crippen LogP contribution in [0, 0.1) is 5.92 Å². The summed E-state index contributed by atoms with van der Waals surface area (Å²) in [5.41, 5.74) is 1.78. The second-order valence-electron chi connectivity index (χ2n) is 7.96. The predicted molar refractivity (Wildman–Crippen MR) is 104 cm³/mol. The van der Waals surface area contributed by atoms with Crippen molar-refractivity contribution in [2.24, 2.45) is 5.92 Å². The Hall–Kier alpha value is -2.18. The first-order valence-electron chi connectivity index (χ1n) is 9.57. The van der Waals surface area contributed by atoms with Crippen molar-refractivity contribution >= 4 is 23.3 Å². The van der Waals surface area contributed by atoms with E-state index < -0.39 is 5.54 Å². The van der Waals surface area contributed by atoms with E-state index in [2.05, 4.69) is 33.8 Å². The molecule has 1 aromatic carbocycles. The Kier molecular flexibility index (Phi) is 3.88. The lowest BCUT2D eigenvalue weighted by Crippen LogP contribution is -2.48. The summed E-state index contributed by atoms with van der Waals surface area (Å²) in [5, 5.41) is 5.10. The molecule has 5 rings (SSSR count). The first-order valence-corrected chi connectivity index (χ1v) is 10.5. The Bertz CT molecular complexity index is 892. The number of hydrogen-bond acceptors (Lipinski definition) is 4. The number of urea groups is 1. The summed E-state index contributed by atoms with van der Waals surface area (Å²) in [4.78, 5) is 30.8. The summed E-state index contributed by atoms with van der Waals surface area (Å²) in [6.07, 6.45) is 3.00. The van der Waals surface area contributed by atoms with Crippen LogP contribution in [0.3, 0.4) is 0 Å². The van der Waals surface area contributed by atoms with E-state index >= 15 is 0 Å². The molecule has 3 heterocycles. The number of nitrogens with one attached hydrogen (secondary N) is 1. The van der Waals surface area contributed by atoms with E-state index in [0.29, 0.717) is 6.67 Å². The largest absolute Gasteiger partial charge is 0.326 e. The maximum absolute atomic E-state index is 13.0. The van der Waals surface area contributed by atoms with Crippen molar-refractivity contribution in [2.75, 3.05) is 13.2 Å². The zero-order valence-corrected chi connectivity index (χ0v) is 16.2. The van der Waals surface area contributed by atoms with Gasteiger partial charge in [0.15, 0.2) is 0 Å². The van der Waals surface area contributed by atoms with Crippen LogP contribution in [0.15, 0.2) is 41.8 Å². The molecule has 5 nitrogen and oxygen atoms in total. The number of imide groups is 1. The maximum atomic E-state index is 13.0. The van der Waals surface area contributed by atoms with E-state index in [1.54, 1.807) is 11.3 Å². The molecule has 6 heteroatoms. The number of amides is 3. The molecule has 1 aromatic heterocycles. The fourth-order valence-corrected chi connectivity index (χ4v) is 5.41. The summed E-state index contributed by atoms with van der Waals surface area (Å²) in [6, 6.07) is 12.4.